The number of nitrogens with zero attached hydrogens (tertiary/aromatic N) is 1. The molecule has 0 aliphatic rings. The van der Waals surface area contributed by atoms with Gasteiger partial charge in [0.05, 0.1) is 4.92 Å². The predicted octanol–water partition coefficient (Wildman–Crippen LogP) is 1.80. The molecule has 0 aliphatic heterocycles. The summed E-state index contributed by atoms with van der Waals surface area (Å²) in [5.41, 5.74) is 4.48. The minimum atomic E-state index is -1.60. The van der Waals surface area contributed by atoms with E-state index in [-0.39, 0.29) is 15.1 Å². The monoisotopic (exact) mass is 324 g/mol. The van der Waals surface area contributed by atoms with Crippen molar-refractivity contribution in [3.63, 3.8) is 0 Å². The van der Waals surface area contributed by atoms with Gasteiger partial charge in [-0.1, -0.05) is 11.6 Å². The SMILES string of the molecule is N[C@H](C(=O)O)c1cc([N+](=O)[O-])c(Br)c(Cl)c1O. The number of phenols is 1. The van der Waals surface area contributed by atoms with Gasteiger partial charge in [0.25, 0.3) is 5.69 Å². The van der Waals surface area contributed by atoms with Crippen LogP contribution in [0.25, 0.3) is 0 Å². The fraction of sp³-hybridized carbons (Fsp3) is 0.125. The molecular weight excluding hydrogens is 319 g/mol. The summed E-state index contributed by atoms with van der Waals surface area (Å²) < 4.78 is -0.136. The molecule has 0 heterocycles. The highest BCUT2D eigenvalue weighted by Gasteiger charge is 2.27. The normalized spacial score (nSPS) is 12.2. The fourth-order valence-corrected chi connectivity index (χ4v) is 1.78. The average Bonchev–Trinajstić information content (AvgIpc) is 2.24. The van der Waals surface area contributed by atoms with E-state index in [2.05, 4.69) is 15.9 Å². The molecule has 1 rings (SSSR count). The van der Waals surface area contributed by atoms with Crippen LogP contribution in [0.3, 0.4) is 0 Å². The van der Waals surface area contributed by atoms with Crippen molar-refractivity contribution in [2.24, 2.45) is 5.73 Å². The average molecular weight is 326 g/mol. The zero-order valence-corrected chi connectivity index (χ0v) is 10.4. The van der Waals surface area contributed by atoms with Crippen molar-refractivity contribution in [3.8, 4) is 5.75 Å². The molecule has 0 radical (unpaired) electrons. The van der Waals surface area contributed by atoms with E-state index in [4.69, 9.17) is 22.4 Å². The minimum absolute atomic E-state index is 0.136. The number of halogens is 2. The minimum Gasteiger partial charge on any atom is -0.506 e. The van der Waals surface area contributed by atoms with Gasteiger partial charge in [0.2, 0.25) is 0 Å². The van der Waals surface area contributed by atoms with Gasteiger partial charge in [-0.3, -0.25) is 14.9 Å². The van der Waals surface area contributed by atoms with E-state index in [0.29, 0.717) is 0 Å². The Hall–Kier alpha value is -1.38. The molecule has 1 aromatic carbocycles. The molecule has 0 amide bonds. The maximum atomic E-state index is 10.7. The van der Waals surface area contributed by atoms with Gasteiger partial charge in [0.1, 0.15) is 21.3 Å². The number of nitro groups is 1. The van der Waals surface area contributed by atoms with Crippen molar-refractivity contribution in [1.29, 1.82) is 0 Å². The molecule has 0 unspecified atom stereocenters. The van der Waals surface area contributed by atoms with Crippen molar-refractivity contribution in [2.45, 2.75) is 6.04 Å². The van der Waals surface area contributed by atoms with Crippen LogP contribution in [0.4, 0.5) is 5.69 Å². The first kappa shape index (κ1) is 13.7. The molecular formula is C8H6BrClN2O5. The second-order valence-electron chi connectivity index (χ2n) is 3.03. The maximum absolute atomic E-state index is 10.7. The first-order chi connectivity index (χ1) is 7.77. The summed E-state index contributed by atoms with van der Waals surface area (Å²) in [5.74, 6) is -2.04. The summed E-state index contributed by atoms with van der Waals surface area (Å²) in [5, 5.41) is 28.6. The lowest BCUT2D eigenvalue weighted by atomic mass is 10.1. The topological polar surface area (TPSA) is 127 Å². The molecule has 0 bridgehead atoms. The number of aromatic hydroxyl groups is 1. The zero-order chi connectivity index (χ0) is 13.3. The summed E-state index contributed by atoms with van der Waals surface area (Å²) in [6, 6.07) is -0.733. The van der Waals surface area contributed by atoms with E-state index in [1.807, 2.05) is 0 Å². The van der Waals surface area contributed by atoms with Gasteiger partial charge in [0.15, 0.2) is 0 Å². The Morgan fingerprint density at radius 3 is 2.59 bits per heavy atom. The Bertz CT molecular complexity index is 507. The highest BCUT2D eigenvalue weighted by atomic mass is 79.9. The third-order valence-corrected chi connectivity index (χ3v) is 3.39. The third kappa shape index (κ3) is 2.48. The van der Waals surface area contributed by atoms with Crippen LogP contribution in [-0.4, -0.2) is 21.1 Å². The largest absolute Gasteiger partial charge is 0.506 e. The molecule has 0 fully saturated rings. The van der Waals surface area contributed by atoms with Crippen molar-refractivity contribution in [3.05, 3.63) is 31.2 Å². The summed E-state index contributed by atoms with van der Waals surface area (Å²) in [4.78, 5) is 20.6. The Balaban J connectivity index is 3.52. The first-order valence-electron chi connectivity index (χ1n) is 4.11. The molecule has 0 aliphatic carbocycles. The van der Waals surface area contributed by atoms with E-state index in [1.165, 1.54) is 0 Å². The van der Waals surface area contributed by atoms with Crippen molar-refractivity contribution >= 4 is 39.2 Å². The van der Waals surface area contributed by atoms with E-state index in [0.717, 1.165) is 6.07 Å². The fourth-order valence-electron chi connectivity index (χ4n) is 1.13. The van der Waals surface area contributed by atoms with Gasteiger partial charge in [-0.25, -0.2) is 0 Å². The van der Waals surface area contributed by atoms with Crippen molar-refractivity contribution < 1.29 is 19.9 Å². The van der Waals surface area contributed by atoms with E-state index in [9.17, 15) is 20.0 Å². The van der Waals surface area contributed by atoms with Crippen LogP contribution >= 0.6 is 27.5 Å². The molecule has 9 heteroatoms. The van der Waals surface area contributed by atoms with Crippen LogP contribution < -0.4 is 5.73 Å². The van der Waals surface area contributed by atoms with Gasteiger partial charge < -0.3 is 15.9 Å². The molecule has 0 saturated heterocycles. The molecule has 0 saturated carbocycles. The first-order valence-corrected chi connectivity index (χ1v) is 5.28. The highest BCUT2D eigenvalue weighted by Crippen LogP contribution is 2.42. The number of carboxylic acid groups (broad SMARTS) is 1. The summed E-state index contributed by atoms with van der Waals surface area (Å²) in [6.07, 6.45) is 0. The van der Waals surface area contributed by atoms with Crippen molar-refractivity contribution in [2.75, 3.05) is 0 Å². The number of hydrogen-bond acceptors (Lipinski definition) is 5. The Labute approximate surface area is 108 Å². The number of nitro benzene ring substituents is 1. The smallest absolute Gasteiger partial charge is 0.325 e. The molecule has 0 aromatic heterocycles. The Morgan fingerprint density at radius 2 is 2.18 bits per heavy atom. The third-order valence-electron chi connectivity index (χ3n) is 1.99. The molecule has 1 atom stereocenters. The van der Waals surface area contributed by atoms with Crippen LogP contribution in [-0.2, 0) is 4.79 Å². The number of phenolic OH excluding ortho intramolecular Hbond substituents is 1. The van der Waals surface area contributed by atoms with E-state index < -0.39 is 28.4 Å². The van der Waals surface area contributed by atoms with Crippen LogP contribution in [0.2, 0.25) is 5.02 Å². The molecule has 17 heavy (non-hydrogen) atoms. The van der Waals surface area contributed by atoms with Crippen LogP contribution in [0.15, 0.2) is 10.5 Å². The number of carboxylic acids is 1. The standard InChI is InChI=1S/C8H6BrClN2O5/c9-4-3(12(16)17)1-2(6(11)8(14)15)7(13)5(4)10/h1,6,13H,11H2,(H,14,15)/t6-/m0/s1. The summed E-state index contributed by atoms with van der Waals surface area (Å²) >= 11 is 8.46. The quantitative estimate of drug-likeness (QED) is 0.574. The number of nitrogens with two attached hydrogens (primary N) is 1. The van der Waals surface area contributed by atoms with Gasteiger partial charge in [-0.15, -0.1) is 0 Å². The van der Waals surface area contributed by atoms with E-state index >= 15 is 0 Å². The Kier molecular flexibility index (Phi) is 3.91. The number of carbonyl (C=O) groups is 1. The lowest BCUT2D eigenvalue weighted by Gasteiger charge is -2.11. The molecule has 4 N–H and O–H groups in total. The summed E-state index contributed by atoms with van der Waals surface area (Å²) in [7, 11) is 0. The molecule has 92 valence electrons. The van der Waals surface area contributed by atoms with Crippen LogP contribution in [0, 0.1) is 10.1 Å². The zero-order valence-electron chi connectivity index (χ0n) is 8.05. The van der Waals surface area contributed by atoms with Crippen LogP contribution in [0.5, 0.6) is 5.75 Å². The highest BCUT2D eigenvalue weighted by molar-refractivity contribution is 9.10. The molecule has 7 nitrogen and oxygen atoms in total. The number of hydrogen-bond donors (Lipinski definition) is 3. The van der Waals surface area contributed by atoms with Gasteiger partial charge >= 0.3 is 5.97 Å². The maximum Gasteiger partial charge on any atom is 0.325 e. The predicted molar refractivity (Wildman–Crippen MR) is 62.0 cm³/mol. The molecule has 0 spiro atoms. The van der Waals surface area contributed by atoms with Crippen molar-refractivity contribution in [1.82, 2.24) is 0 Å². The second kappa shape index (κ2) is 4.86. The number of benzene rings is 1. The lowest BCUT2D eigenvalue weighted by molar-refractivity contribution is -0.385. The number of aliphatic carboxylic acids is 1. The lowest BCUT2D eigenvalue weighted by Crippen LogP contribution is -2.21. The van der Waals surface area contributed by atoms with Crippen LogP contribution in [0.1, 0.15) is 11.6 Å². The van der Waals surface area contributed by atoms with Gasteiger partial charge in [0, 0.05) is 11.6 Å². The molecule has 1 aromatic rings. The van der Waals surface area contributed by atoms with E-state index in [1.54, 1.807) is 0 Å². The second-order valence-corrected chi connectivity index (χ2v) is 4.21. The van der Waals surface area contributed by atoms with Gasteiger partial charge in [-0.05, 0) is 15.9 Å². The van der Waals surface area contributed by atoms with Gasteiger partial charge in [-0.2, -0.15) is 0 Å². The number of rotatable bonds is 3. The summed E-state index contributed by atoms with van der Waals surface area (Å²) in [6.45, 7) is 0. The Morgan fingerprint density at radius 1 is 1.65 bits per heavy atom.